The second kappa shape index (κ2) is 7.25. The number of amides is 2. The van der Waals surface area contributed by atoms with E-state index in [1.54, 1.807) is 12.1 Å². The molecule has 6 heteroatoms. The van der Waals surface area contributed by atoms with Crippen molar-refractivity contribution in [3.63, 3.8) is 0 Å². The molecule has 2 amide bonds. The van der Waals surface area contributed by atoms with E-state index >= 15 is 0 Å². The fourth-order valence-electron chi connectivity index (χ4n) is 1.38. The Balaban J connectivity index is 2.68. The van der Waals surface area contributed by atoms with Crippen LogP contribution in [-0.2, 0) is 4.79 Å². The predicted octanol–water partition coefficient (Wildman–Crippen LogP) is 0.533. The molecule has 0 aliphatic heterocycles. The Bertz CT molecular complexity index is 460. The third-order valence-corrected chi connectivity index (χ3v) is 2.45. The molecular weight excluding hydrogens is 246 g/mol. The summed E-state index contributed by atoms with van der Waals surface area (Å²) in [7, 11) is 1.52. The number of nitrogens with one attached hydrogen (secondary N) is 2. The summed E-state index contributed by atoms with van der Waals surface area (Å²) in [6.45, 7) is 2.49. The molecule has 0 fully saturated rings. The monoisotopic (exact) mass is 265 g/mol. The van der Waals surface area contributed by atoms with Crippen LogP contribution in [0.25, 0.3) is 0 Å². The Morgan fingerprint density at radius 1 is 1.37 bits per heavy atom. The minimum atomic E-state index is -0.246. The molecular formula is C13H19N3O3. The smallest absolute Gasteiger partial charge is 0.257 e. The number of hydrogen-bond donors (Lipinski definition) is 3. The van der Waals surface area contributed by atoms with Gasteiger partial charge in [0.1, 0.15) is 5.75 Å². The maximum atomic E-state index is 11.7. The molecule has 0 unspecified atom stereocenters. The van der Waals surface area contributed by atoms with Crippen molar-refractivity contribution >= 4 is 17.5 Å². The van der Waals surface area contributed by atoms with Gasteiger partial charge in [0.05, 0.1) is 5.69 Å². The van der Waals surface area contributed by atoms with E-state index in [-0.39, 0.29) is 18.4 Å². The first kappa shape index (κ1) is 14.8. The highest BCUT2D eigenvalue weighted by Crippen LogP contribution is 2.22. The van der Waals surface area contributed by atoms with Gasteiger partial charge in [0.15, 0.2) is 6.61 Å². The quantitative estimate of drug-likeness (QED) is 0.654. The highest BCUT2D eigenvalue weighted by atomic mass is 16.5. The summed E-state index contributed by atoms with van der Waals surface area (Å²) >= 11 is 0. The van der Waals surface area contributed by atoms with Crippen LogP contribution in [0.5, 0.6) is 5.75 Å². The average molecular weight is 265 g/mol. The van der Waals surface area contributed by atoms with Gasteiger partial charge in [-0.2, -0.15) is 0 Å². The van der Waals surface area contributed by atoms with Crippen LogP contribution in [0, 0.1) is 0 Å². The van der Waals surface area contributed by atoms with Crippen molar-refractivity contribution in [1.29, 1.82) is 0 Å². The molecule has 19 heavy (non-hydrogen) atoms. The van der Waals surface area contributed by atoms with E-state index in [4.69, 9.17) is 10.5 Å². The number of ether oxygens (including phenoxy) is 1. The number of anilines is 1. The van der Waals surface area contributed by atoms with Crippen LogP contribution in [0.2, 0.25) is 0 Å². The number of nitrogen functional groups attached to an aromatic ring is 1. The molecule has 4 N–H and O–H groups in total. The molecule has 1 rings (SSSR count). The average Bonchev–Trinajstić information content (AvgIpc) is 2.42. The van der Waals surface area contributed by atoms with Gasteiger partial charge in [-0.1, -0.05) is 6.92 Å². The molecule has 0 aliphatic rings. The summed E-state index contributed by atoms with van der Waals surface area (Å²) in [6, 6.07) is 4.73. The predicted molar refractivity (Wildman–Crippen MR) is 73.0 cm³/mol. The third kappa shape index (κ3) is 4.50. The standard InChI is InChI=1S/C13H19N3O3/c1-3-6-16-13(18)9-4-5-11(10(14)7-9)19-8-12(17)15-2/h4-5,7H,3,6,8,14H2,1-2H3,(H,15,17)(H,16,18). The molecule has 0 aromatic heterocycles. The Kier molecular flexibility index (Phi) is 5.66. The Labute approximate surface area is 112 Å². The van der Waals surface area contributed by atoms with Crippen LogP contribution < -0.4 is 21.1 Å². The maximum absolute atomic E-state index is 11.7. The molecule has 0 heterocycles. The Morgan fingerprint density at radius 3 is 2.68 bits per heavy atom. The van der Waals surface area contributed by atoms with E-state index in [0.717, 1.165) is 6.42 Å². The van der Waals surface area contributed by atoms with Crippen molar-refractivity contribution in [2.45, 2.75) is 13.3 Å². The Morgan fingerprint density at radius 2 is 2.11 bits per heavy atom. The van der Waals surface area contributed by atoms with Gasteiger partial charge < -0.3 is 21.1 Å². The zero-order chi connectivity index (χ0) is 14.3. The van der Waals surface area contributed by atoms with Gasteiger partial charge in [-0.25, -0.2) is 0 Å². The summed E-state index contributed by atoms with van der Waals surface area (Å²) in [4.78, 5) is 22.8. The number of rotatable bonds is 6. The molecule has 6 nitrogen and oxygen atoms in total. The lowest BCUT2D eigenvalue weighted by molar-refractivity contribution is -0.122. The van der Waals surface area contributed by atoms with Crippen LogP contribution in [0.1, 0.15) is 23.7 Å². The van der Waals surface area contributed by atoms with E-state index < -0.39 is 0 Å². The van der Waals surface area contributed by atoms with Crippen molar-refractivity contribution in [3.05, 3.63) is 23.8 Å². The van der Waals surface area contributed by atoms with Crippen LogP contribution in [0.4, 0.5) is 5.69 Å². The summed E-state index contributed by atoms with van der Waals surface area (Å²) in [6.07, 6.45) is 0.870. The molecule has 0 saturated carbocycles. The first-order chi connectivity index (χ1) is 9.08. The largest absolute Gasteiger partial charge is 0.482 e. The van der Waals surface area contributed by atoms with Crippen molar-refractivity contribution in [1.82, 2.24) is 10.6 Å². The maximum Gasteiger partial charge on any atom is 0.257 e. The molecule has 0 spiro atoms. The second-order valence-corrected chi connectivity index (χ2v) is 3.97. The summed E-state index contributed by atoms with van der Waals surface area (Å²) in [5, 5.41) is 5.19. The lowest BCUT2D eigenvalue weighted by atomic mass is 10.1. The fraction of sp³-hybridized carbons (Fsp3) is 0.385. The zero-order valence-corrected chi connectivity index (χ0v) is 11.2. The topological polar surface area (TPSA) is 93.4 Å². The van der Waals surface area contributed by atoms with E-state index in [1.165, 1.54) is 13.1 Å². The van der Waals surface area contributed by atoms with E-state index in [1.807, 2.05) is 6.92 Å². The van der Waals surface area contributed by atoms with Gasteiger partial charge in [0.25, 0.3) is 11.8 Å². The first-order valence-electron chi connectivity index (χ1n) is 6.09. The molecule has 0 saturated heterocycles. The third-order valence-electron chi connectivity index (χ3n) is 2.45. The van der Waals surface area contributed by atoms with E-state index in [2.05, 4.69) is 10.6 Å². The number of hydrogen-bond acceptors (Lipinski definition) is 4. The number of benzene rings is 1. The number of likely N-dealkylation sites (N-methyl/N-ethyl adjacent to an activating group) is 1. The van der Waals surface area contributed by atoms with Gasteiger partial charge in [-0.15, -0.1) is 0 Å². The van der Waals surface area contributed by atoms with Crippen molar-refractivity contribution in [3.8, 4) is 5.75 Å². The summed E-state index contributed by atoms with van der Waals surface area (Å²) in [5.41, 5.74) is 6.58. The lowest BCUT2D eigenvalue weighted by Crippen LogP contribution is -2.25. The van der Waals surface area contributed by atoms with Crippen LogP contribution >= 0.6 is 0 Å². The van der Waals surface area contributed by atoms with Gasteiger partial charge in [-0.05, 0) is 24.6 Å². The molecule has 1 aromatic carbocycles. The highest BCUT2D eigenvalue weighted by Gasteiger charge is 2.09. The minimum absolute atomic E-state index is 0.109. The lowest BCUT2D eigenvalue weighted by Gasteiger charge is -2.10. The second-order valence-electron chi connectivity index (χ2n) is 3.97. The molecule has 0 aliphatic carbocycles. The number of nitrogens with two attached hydrogens (primary N) is 1. The van der Waals surface area contributed by atoms with Gasteiger partial charge in [0.2, 0.25) is 0 Å². The van der Waals surface area contributed by atoms with E-state index in [0.29, 0.717) is 23.5 Å². The number of carbonyl (C=O) groups excluding carboxylic acids is 2. The molecule has 0 radical (unpaired) electrons. The molecule has 104 valence electrons. The van der Waals surface area contributed by atoms with Crippen LogP contribution in [-0.4, -0.2) is 32.0 Å². The van der Waals surface area contributed by atoms with Crippen molar-refractivity contribution in [2.24, 2.45) is 0 Å². The summed E-state index contributed by atoms with van der Waals surface area (Å²) < 4.78 is 5.24. The Hall–Kier alpha value is -2.24. The fourth-order valence-corrected chi connectivity index (χ4v) is 1.38. The van der Waals surface area contributed by atoms with Crippen LogP contribution in [0.3, 0.4) is 0 Å². The molecule has 1 aromatic rings. The first-order valence-corrected chi connectivity index (χ1v) is 6.09. The summed E-state index contributed by atoms with van der Waals surface area (Å²) in [5.74, 6) is -0.0359. The molecule has 0 bridgehead atoms. The normalized spacial score (nSPS) is 9.79. The SMILES string of the molecule is CCCNC(=O)c1ccc(OCC(=O)NC)c(N)c1. The minimum Gasteiger partial charge on any atom is -0.482 e. The van der Waals surface area contributed by atoms with Gasteiger partial charge in [-0.3, -0.25) is 9.59 Å². The van der Waals surface area contributed by atoms with E-state index in [9.17, 15) is 9.59 Å². The van der Waals surface area contributed by atoms with Gasteiger partial charge >= 0.3 is 0 Å². The van der Waals surface area contributed by atoms with Crippen molar-refractivity contribution < 1.29 is 14.3 Å². The highest BCUT2D eigenvalue weighted by molar-refractivity contribution is 5.95. The zero-order valence-electron chi connectivity index (χ0n) is 11.2. The number of carbonyl (C=O) groups is 2. The van der Waals surface area contributed by atoms with Gasteiger partial charge in [0, 0.05) is 19.2 Å². The van der Waals surface area contributed by atoms with Crippen LogP contribution in [0.15, 0.2) is 18.2 Å². The van der Waals surface area contributed by atoms with Crippen molar-refractivity contribution in [2.75, 3.05) is 25.9 Å². The molecule has 0 atom stereocenters.